The Hall–Kier alpha value is -3.69. The van der Waals surface area contributed by atoms with E-state index in [9.17, 15) is 14.4 Å². The predicted molar refractivity (Wildman–Crippen MR) is 117 cm³/mol. The topological polar surface area (TPSA) is 87.3 Å². The Morgan fingerprint density at radius 3 is 1.10 bits per heavy atom. The van der Waals surface area contributed by atoms with Gasteiger partial charge in [0.1, 0.15) is 0 Å². The molecule has 0 saturated heterocycles. The van der Waals surface area contributed by atoms with Gasteiger partial charge in [0.25, 0.3) is 0 Å². The van der Waals surface area contributed by atoms with Gasteiger partial charge in [-0.3, -0.25) is 14.4 Å². The summed E-state index contributed by atoms with van der Waals surface area (Å²) < 4.78 is 0. The van der Waals surface area contributed by atoms with E-state index < -0.39 is 0 Å². The molecule has 0 fully saturated rings. The van der Waals surface area contributed by atoms with Gasteiger partial charge in [-0.25, -0.2) is 0 Å². The van der Waals surface area contributed by atoms with Gasteiger partial charge in [0, 0.05) is 38.9 Å². The van der Waals surface area contributed by atoms with Crippen LogP contribution in [0.25, 0.3) is 0 Å². The van der Waals surface area contributed by atoms with Gasteiger partial charge in [0.15, 0.2) is 0 Å². The van der Waals surface area contributed by atoms with E-state index in [-0.39, 0.29) is 37.0 Å². The van der Waals surface area contributed by atoms with Crippen LogP contribution in [-0.2, 0) is 33.6 Å². The van der Waals surface area contributed by atoms with Crippen molar-refractivity contribution in [2.75, 3.05) is 19.6 Å². The summed E-state index contributed by atoms with van der Waals surface area (Å²) in [6, 6.07) is 5.38. The lowest BCUT2D eigenvalue weighted by Gasteiger charge is -2.11. The molecule has 0 radical (unpaired) electrons. The number of amides is 3. The maximum absolute atomic E-state index is 12.1. The third-order valence-corrected chi connectivity index (χ3v) is 3.98. The molecule has 1 aromatic rings. The SMILES string of the molecule is C#CCCNC(=O)Cc1cc(CC(=O)NCCC#C)cc(CC(=O)NCCC#C)c1. The highest BCUT2D eigenvalue weighted by molar-refractivity contribution is 5.81. The van der Waals surface area contributed by atoms with Crippen molar-refractivity contribution < 1.29 is 14.4 Å². The Balaban J connectivity index is 2.88. The molecule has 0 heterocycles. The van der Waals surface area contributed by atoms with Crippen LogP contribution in [0.2, 0.25) is 0 Å². The summed E-state index contributed by atoms with van der Waals surface area (Å²) in [7, 11) is 0. The Morgan fingerprint density at radius 2 is 0.867 bits per heavy atom. The quantitative estimate of drug-likeness (QED) is 0.354. The standard InChI is InChI=1S/C24H27N3O3/c1-4-7-10-25-22(28)16-19-13-20(17-23(29)26-11-8-5-2)15-21(14-19)18-24(30)27-12-9-6-3/h1-3,13-15H,7-12,16-18H2,(H,25,28)(H,26,29)(H,27,30). The van der Waals surface area contributed by atoms with Crippen LogP contribution >= 0.6 is 0 Å². The molecule has 156 valence electrons. The number of nitrogens with one attached hydrogen (secondary N) is 3. The molecule has 0 aliphatic rings. The lowest BCUT2D eigenvalue weighted by molar-refractivity contribution is -0.121. The van der Waals surface area contributed by atoms with Crippen LogP contribution in [0.5, 0.6) is 0 Å². The number of carbonyl (C=O) groups excluding carboxylic acids is 3. The van der Waals surface area contributed by atoms with Crippen LogP contribution in [-0.4, -0.2) is 37.4 Å². The first-order valence-electron chi connectivity index (χ1n) is 9.70. The molecule has 6 heteroatoms. The van der Waals surface area contributed by atoms with Gasteiger partial charge < -0.3 is 16.0 Å². The summed E-state index contributed by atoms with van der Waals surface area (Å²) >= 11 is 0. The zero-order chi connectivity index (χ0) is 22.2. The molecule has 0 aromatic heterocycles. The molecular weight excluding hydrogens is 378 g/mol. The molecule has 6 nitrogen and oxygen atoms in total. The number of rotatable bonds is 12. The molecule has 3 amide bonds. The predicted octanol–water partition coefficient (Wildman–Crippen LogP) is 0.733. The smallest absolute Gasteiger partial charge is 0.224 e. The normalized spacial score (nSPS) is 9.50. The molecule has 0 saturated carbocycles. The highest BCUT2D eigenvalue weighted by Gasteiger charge is 2.11. The van der Waals surface area contributed by atoms with Crippen molar-refractivity contribution in [2.45, 2.75) is 38.5 Å². The van der Waals surface area contributed by atoms with Gasteiger partial charge in [-0.15, -0.1) is 37.0 Å². The zero-order valence-corrected chi connectivity index (χ0v) is 17.1. The van der Waals surface area contributed by atoms with Crippen molar-refractivity contribution in [3.8, 4) is 37.0 Å². The highest BCUT2D eigenvalue weighted by Crippen LogP contribution is 2.13. The van der Waals surface area contributed by atoms with E-state index >= 15 is 0 Å². The van der Waals surface area contributed by atoms with Crippen LogP contribution in [0, 0.1) is 37.0 Å². The second kappa shape index (κ2) is 14.3. The fourth-order valence-corrected chi connectivity index (χ4v) is 2.71. The van der Waals surface area contributed by atoms with Crippen molar-refractivity contribution in [2.24, 2.45) is 0 Å². The summed E-state index contributed by atoms with van der Waals surface area (Å²) in [6.07, 6.45) is 17.3. The first-order valence-corrected chi connectivity index (χ1v) is 9.70. The number of carbonyl (C=O) groups is 3. The second-order valence-electron chi connectivity index (χ2n) is 6.60. The minimum absolute atomic E-state index is 0.128. The average Bonchev–Trinajstić information content (AvgIpc) is 2.68. The molecule has 0 unspecified atom stereocenters. The first kappa shape index (κ1) is 24.3. The van der Waals surface area contributed by atoms with Gasteiger partial charge in [-0.05, 0) is 16.7 Å². The summed E-state index contributed by atoms with van der Waals surface area (Å²) in [5, 5.41) is 8.23. The molecule has 1 rings (SSSR count). The summed E-state index contributed by atoms with van der Waals surface area (Å²) in [5.74, 6) is 6.86. The van der Waals surface area contributed by atoms with Crippen LogP contribution in [0.15, 0.2) is 18.2 Å². The van der Waals surface area contributed by atoms with E-state index in [0.29, 0.717) is 55.6 Å². The number of hydrogen-bond donors (Lipinski definition) is 3. The Labute approximate surface area is 178 Å². The van der Waals surface area contributed by atoms with E-state index in [4.69, 9.17) is 19.3 Å². The average molecular weight is 405 g/mol. The fraction of sp³-hybridized carbons (Fsp3) is 0.375. The van der Waals surface area contributed by atoms with Crippen LogP contribution < -0.4 is 16.0 Å². The van der Waals surface area contributed by atoms with E-state index in [2.05, 4.69) is 33.7 Å². The van der Waals surface area contributed by atoms with Gasteiger partial charge in [-0.2, -0.15) is 0 Å². The Morgan fingerprint density at radius 1 is 0.600 bits per heavy atom. The Bertz CT molecular complexity index is 743. The lowest BCUT2D eigenvalue weighted by atomic mass is 9.99. The van der Waals surface area contributed by atoms with Crippen molar-refractivity contribution in [1.82, 2.24) is 16.0 Å². The summed E-state index contributed by atoms with van der Waals surface area (Å²) in [4.78, 5) is 36.4. The minimum Gasteiger partial charge on any atom is -0.355 e. The van der Waals surface area contributed by atoms with Gasteiger partial charge in [-0.1, -0.05) is 18.2 Å². The number of terminal acetylenes is 3. The van der Waals surface area contributed by atoms with Gasteiger partial charge >= 0.3 is 0 Å². The first-order chi connectivity index (χ1) is 14.5. The molecule has 0 aliphatic heterocycles. The molecule has 0 spiro atoms. The number of hydrogen-bond acceptors (Lipinski definition) is 3. The molecule has 0 bridgehead atoms. The van der Waals surface area contributed by atoms with E-state index in [1.54, 1.807) is 18.2 Å². The fourth-order valence-electron chi connectivity index (χ4n) is 2.71. The lowest BCUT2D eigenvalue weighted by Crippen LogP contribution is -2.28. The monoisotopic (exact) mass is 405 g/mol. The molecule has 1 aromatic carbocycles. The molecule has 30 heavy (non-hydrogen) atoms. The maximum atomic E-state index is 12.1. The molecular formula is C24H27N3O3. The van der Waals surface area contributed by atoms with Crippen molar-refractivity contribution in [1.29, 1.82) is 0 Å². The second-order valence-corrected chi connectivity index (χ2v) is 6.60. The van der Waals surface area contributed by atoms with Crippen LogP contribution in [0.1, 0.15) is 36.0 Å². The van der Waals surface area contributed by atoms with Crippen LogP contribution in [0.4, 0.5) is 0 Å². The van der Waals surface area contributed by atoms with Crippen LogP contribution in [0.3, 0.4) is 0 Å². The highest BCUT2D eigenvalue weighted by atomic mass is 16.2. The maximum Gasteiger partial charge on any atom is 0.224 e. The van der Waals surface area contributed by atoms with Crippen molar-refractivity contribution in [3.05, 3.63) is 34.9 Å². The Kier molecular flexibility index (Phi) is 11.6. The van der Waals surface area contributed by atoms with Gasteiger partial charge in [0.05, 0.1) is 19.3 Å². The van der Waals surface area contributed by atoms with E-state index in [1.807, 2.05) is 0 Å². The molecule has 0 aliphatic carbocycles. The molecule has 3 N–H and O–H groups in total. The van der Waals surface area contributed by atoms with E-state index in [0.717, 1.165) is 0 Å². The largest absolute Gasteiger partial charge is 0.355 e. The third kappa shape index (κ3) is 10.6. The van der Waals surface area contributed by atoms with Crippen molar-refractivity contribution in [3.63, 3.8) is 0 Å². The minimum atomic E-state index is -0.176. The summed E-state index contributed by atoms with van der Waals surface area (Å²) in [5.41, 5.74) is 2.15. The zero-order valence-electron chi connectivity index (χ0n) is 17.1. The van der Waals surface area contributed by atoms with Crippen molar-refractivity contribution >= 4 is 17.7 Å². The third-order valence-electron chi connectivity index (χ3n) is 3.98. The van der Waals surface area contributed by atoms with E-state index in [1.165, 1.54) is 0 Å². The van der Waals surface area contributed by atoms with Gasteiger partial charge in [0.2, 0.25) is 17.7 Å². The molecule has 0 atom stereocenters. The summed E-state index contributed by atoms with van der Waals surface area (Å²) in [6.45, 7) is 1.20. The number of benzene rings is 1.